The first-order valence-electron chi connectivity index (χ1n) is 6.50. The fourth-order valence-corrected chi connectivity index (χ4v) is 2.27. The van der Waals surface area contributed by atoms with Crippen LogP contribution in [0.1, 0.15) is 25.3 Å². The predicted octanol–water partition coefficient (Wildman–Crippen LogP) is 2.53. The van der Waals surface area contributed by atoms with E-state index in [1.165, 1.54) is 12.1 Å². The van der Waals surface area contributed by atoms with Gasteiger partial charge in [-0.25, -0.2) is 4.39 Å². The Kier molecular flexibility index (Phi) is 4.55. The lowest BCUT2D eigenvalue weighted by Crippen LogP contribution is -2.31. The molecule has 0 spiro atoms. The van der Waals surface area contributed by atoms with E-state index in [1.807, 2.05) is 0 Å². The molecule has 1 atom stereocenters. The zero-order valence-electron chi connectivity index (χ0n) is 10.7. The first kappa shape index (κ1) is 13.3. The van der Waals surface area contributed by atoms with E-state index in [1.54, 1.807) is 6.07 Å². The molecule has 0 aliphatic carbocycles. The summed E-state index contributed by atoms with van der Waals surface area (Å²) in [6.45, 7) is 5.49. The number of aromatic hydroxyl groups is 1. The van der Waals surface area contributed by atoms with Crippen LogP contribution in [-0.4, -0.2) is 35.8 Å². The number of phenolic OH excluding ortho intramolecular Hbond substituents is 1. The molecule has 1 unspecified atom stereocenters. The van der Waals surface area contributed by atoms with Crippen LogP contribution in [0, 0.1) is 5.82 Å². The lowest BCUT2D eigenvalue weighted by molar-refractivity contribution is 0.0510. The Balaban J connectivity index is 2.00. The number of hydrogen-bond donors (Lipinski definition) is 1. The van der Waals surface area contributed by atoms with Gasteiger partial charge in [-0.2, -0.15) is 0 Å². The van der Waals surface area contributed by atoms with Crippen molar-refractivity contribution in [1.82, 2.24) is 4.90 Å². The summed E-state index contributed by atoms with van der Waals surface area (Å²) in [6.07, 6.45) is 2.28. The number of benzene rings is 1. The Labute approximate surface area is 107 Å². The van der Waals surface area contributed by atoms with Gasteiger partial charge < -0.3 is 9.84 Å². The summed E-state index contributed by atoms with van der Waals surface area (Å²) in [6, 6.07) is 4.59. The number of hydrogen-bond acceptors (Lipinski definition) is 3. The average molecular weight is 253 g/mol. The molecule has 2 rings (SSSR count). The van der Waals surface area contributed by atoms with E-state index >= 15 is 0 Å². The summed E-state index contributed by atoms with van der Waals surface area (Å²) in [7, 11) is 0. The van der Waals surface area contributed by atoms with Gasteiger partial charge in [0.1, 0.15) is 0 Å². The van der Waals surface area contributed by atoms with E-state index in [4.69, 9.17) is 9.84 Å². The highest BCUT2D eigenvalue weighted by molar-refractivity contribution is 5.27. The van der Waals surface area contributed by atoms with Crippen LogP contribution in [0.3, 0.4) is 0 Å². The number of phenols is 1. The highest BCUT2D eigenvalue weighted by atomic mass is 19.1. The summed E-state index contributed by atoms with van der Waals surface area (Å²) in [5.41, 5.74) is 0.891. The SMILES string of the molecule is CCC1CN(Cc2ccc(O)c(F)c2)CCCO1. The summed E-state index contributed by atoms with van der Waals surface area (Å²) in [4.78, 5) is 2.28. The molecule has 0 aromatic heterocycles. The van der Waals surface area contributed by atoms with Gasteiger partial charge in [0.2, 0.25) is 0 Å². The van der Waals surface area contributed by atoms with Gasteiger partial charge >= 0.3 is 0 Å². The number of rotatable bonds is 3. The number of ether oxygens (including phenoxy) is 1. The minimum absolute atomic E-state index is 0.273. The van der Waals surface area contributed by atoms with Gasteiger partial charge in [-0.3, -0.25) is 4.90 Å². The summed E-state index contributed by atoms with van der Waals surface area (Å²) in [5.74, 6) is -0.838. The summed E-state index contributed by atoms with van der Waals surface area (Å²) >= 11 is 0. The van der Waals surface area contributed by atoms with Crippen molar-refractivity contribution >= 4 is 0 Å². The van der Waals surface area contributed by atoms with Gasteiger partial charge in [0, 0.05) is 26.2 Å². The van der Waals surface area contributed by atoms with Crippen LogP contribution in [0.5, 0.6) is 5.75 Å². The third-order valence-corrected chi connectivity index (χ3v) is 3.31. The molecule has 1 aromatic rings. The van der Waals surface area contributed by atoms with E-state index in [-0.39, 0.29) is 11.9 Å². The summed E-state index contributed by atoms with van der Waals surface area (Å²) < 4.78 is 19.0. The van der Waals surface area contributed by atoms with Crippen molar-refractivity contribution in [2.75, 3.05) is 19.7 Å². The Morgan fingerprint density at radius 2 is 2.33 bits per heavy atom. The Hall–Kier alpha value is -1.13. The van der Waals surface area contributed by atoms with Crippen LogP contribution < -0.4 is 0 Å². The number of nitrogens with zero attached hydrogens (tertiary/aromatic N) is 1. The summed E-state index contributed by atoms with van der Waals surface area (Å²) in [5, 5.41) is 9.17. The molecule has 3 nitrogen and oxygen atoms in total. The van der Waals surface area contributed by atoms with Gasteiger partial charge in [0.15, 0.2) is 11.6 Å². The zero-order valence-corrected chi connectivity index (χ0v) is 10.7. The fourth-order valence-electron chi connectivity index (χ4n) is 2.27. The van der Waals surface area contributed by atoms with Gasteiger partial charge in [-0.15, -0.1) is 0 Å². The van der Waals surface area contributed by atoms with Gasteiger partial charge in [-0.05, 0) is 30.5 Å². The minimum Gasteiger partial charge on any atom is -0.505 e. The maximum atomic E-state index is 13.3. The highest BCUT2D eigenvalue weighted by Crippen LogP contribution is 2.18. The second-order valence-corrected chi connectivity index (χ2v) is 4.78. The molecule has 0 amide bonds. The molecule has 1 heterocycles. The van der Waals surface area contributed by atoms with Crippen LogP contribution in [0.15, 0.2) is 18.2 Å². The monoisotopic (exact) mass is 253 g/mol. The first-order valence-corrected chi connectivity index (χ1v) is 6.50. The molecule has 1 aliphatic heterocycles. The van der Waals surface area contributed by atoms with Crippen molar-refractivity contribution in [2.45, 2.75) is 32.4 Å². The van der Waals surface area contributed by atoms with E-state index in [0.29, 0.717) is 6.54 Å². The third-order valence-electron chi connectivity index (χ3n) is 3.31. The van der Waals surface area contributed by atoms with Crippen molar-refractivity contribution in [3.63, 3.8) is 0 Å². The maximum Gasteiger partial charge on any atom is 0.165 e. The van der Waals surface area contributed by atoms with E-state index in [0.717, 1.165) is 38.1 Å². The van der Waals surface area contributed by atoms with Crippen LogP contribution in [0.2, 0.25) is 0 Å². The Bertz CT molecular complexity index is 397. The maximum absolute atomic E-state index is 13.3. The normalized spacial score (nSPS) is 21.8. The standard InChI is InChI=1S/C14H20FNO2/c1-2-12-10-16(6-3-7-18-12)9-11-4-5-14(17)13(15)8-11/h4-5,8,12,17H,2-3,6-7,9-10H2,1H3. The molecule has 0 saturated carbocycles. The Morgan fingerprint density at radius 3 is 3.06 bits per heavy atom. The van der Waals surface area contributed by atoms with Crippen LogP contribution in [-0.2, 0) is 11.3 Å². The van der Waals surface area contributed by atoms with Gasteiger partial charge in [0.05, 0.1) is 6.10 Å². The molecule has 100 valence electrons. The second kappa shape index (κ2) is 6.16. The molecule has 0 bridgehead atoms. The average Bonchev–Trinajstić information content (AvgIpc) is 2.59. The van der Waals surface area contributed by atoms with Crippen molar-refractivity contribution in [3.8, 4) is 5.75 Å². The quantitative estimate of drug-likeness (QED) is 0.898. The molecule has 0 radical (unpaired) electrons. The molecule has 1 aromatic carbocycles. The van der Waals surface area contributed by atoms with E-state index in [9.17, 15) is 4.39 Å². The molecule has 1 fully saturated rings. The van der Waals surface area contributed by atoms with Crippen molar-refractivity contribution in [2.24, 2.45) is 0 Å². The van der Waals surface area contributed by atoms with Crippen molar-refractivity contribution < 1.29 is 14.2 Å². The predicted molar refractivity (Wildman–Crippen MR) is 68.0 cm³/mol. The zero-order chi connectivity index (χ0) is 13.0. The van der Waals surface area contributed by atoms with E-state index in [2.05, 4.69) is 11.8 Å². The first-order chi connectivity index (χ1) is 8.69. The van der Waals surface area contributed by atoms with Crippen molar-refractivity contribution in [3.05, 3.63) is 29.6 Å². The molecule has 1 aliphatic rings. The minimum atomic E-state index is -0.550. The third kappa shape index (κ3) is 3.43. The van der Waals surface area contributed by atoms with Crippen LogP contribution >= 0.6 is 0 Å². The largest absolute Gasteiger partial charge is 0.505 e. The van der Waals surface area contributed by atoms with Crippen LogP contribution in [0.25, 0.3) is 0 Å². The molecular weight excluding hydrogens is 233 g/mol. The lowest BCUT2D eigenvalue weighted by atomic mass is 10.1. The fraction of sp³-hybridized carbons (Fsp3) is 0.571. The lowest BCUT2D eigenvalue weighted by Gasteiger charge is -2.23. The van der Waals surface area contributed by atoms with Gasteiger partial charge in [-0.1, -0.05) is 13.0 Å². The molecular formula is C14H20FNO2. The van der Waals surface area contributed by atoms with Crippen LogP contribution in [0.4, 0.5) is 4.39 Å². The van der Waals surface area contributed by atoms with Gasteiger partial charge in [0.25, 0.3) is 0 Å². The second-order valence-electron chi connectivity index (χ2n) is 4.78. The highest BCUT2D eigenvalue weighted by Gasteiger charge is 2.17. The molecule has 18 heavy (non-hydrogen) atoms. The number of halogens is 1. The molecule has 1 saturated heterocycles. The Morgan fingerprint density at radius 1 is 1.50 bits per heavy atom. The topological polar surface area (TPSA) is 32.7 Å². The van der Waals surface area contributed by atoms with E-state index < -0.39 is 5.82 Å². The molecule has 4 heteroatoms. The molecule has 1 N–H and O–H groups in total. The van der Waals surface area contributed by atoms with Crippen molar-refractivity contribution in [1.29, 1.82) is 0 Å². The smallest absolute Gasteiger partial charge is 0.165 e.